The van der Waals surface area contributed by atoms with Gasteiger partial charge in [0.05, 0.1) is 15.4 Å². The molecule has 1 heterocycles. The van der Waals surface area contributed by atoms with Crippen molar-refractivity contribution in [3.8, 4) is 0 Å². The van der Waals surface area contributed by atoms with Gasteiger partial charge in [0.15, 0.2) is 5.16 Å². The summed E-state index contributed by atoms with van der Waals surface area (Å²) >= 11 is 0.842. The maximum absolute atomic E-state index is 12.7. The molecule has 1 aromatic carbocycles. The summed E-state index contributed by atoms with van der Waals surface area (Å²) in [5.74, 6) is 0.331. The van der Waals surface area contributed by atoms with Gasteiger partial charge in [-0.05, 0) is 23.9 Å². The first-order valence-corrected chi connectivity index (χ1v) is 8.07. The normalized spacial score (nSPS) is 11.4. The van der Waals surface area contributed by atoms with Gasteiger partial charge in [-0.15, -0.1) is 10.2 Å². The molecule has 140 valence electrons. The number of alkyl halides is 3. The zero-order chi connectivity index (χ0) is 19.5. The van der Waals surface area contributed by atoms with Gasteiger partial charge in [0, 0.05) is 33.0 Å². The third-order valence-electron chi connectivity index (χ3n) is 3.33. The number of nitro benzene ring substituents is 1. The van der Waals surface area contributed by atoms with E-state index in [9.17, 15) is 28.1 Å². The minimum atomic E-state index is -4.67. The first-order valence-electron chi connectivity index (χ1n) is 7.25. The Morgan fingerprint density at radius 2 is 2.08 bits per heavy atom. The lowest BCUT2D eigenvalue weighted by molar-refractivity contribution is -0.388. The smallest absolute Gasteiger partial charge is 0.356 e. The van der Waals surface area contributed by atoms with E-state index in [0.717, 1.165) is 23.9 Å². The molecule has 0 saturated heterocycles. The van der Waals surface area contributed by atoms with Crippen molar-refractivity contribution in [1.82, 2.24) is 20.1 Å². The molecule has 1 amide bonds. The number of aromatic nitrogens is 3. The van der Waals surface area contributed by atoms with E-state index in [-0.39, 0.29) is 16.0 Å². The number of amides is 1. The molecular formula is C14H14F3N5O3S. The zero-order valence-electron chi connectivity index (χ0n) is 13.7. The lowest BCUT2D eigenvalue weighted by atomic mass is 10.2. The van der Waals surface area contributed by atoms with Gasteiger partial charge in [-0.2, -0.15) is 13.2 Å². The van der Waals surface area contributed by atoms with Crippen LogP contribution in [0.15, 0.2) is 28.3 Å². The van der Waals surface area contributed by atoms with Gasteiger partial charge in [0.2, 0.25) is 5.91 Å². The van der Waals surface area contributed by atoms with Crippen LogP contribution >= 0.6 is 11.8 Å². The number of nitrogens with one attached hydrogen (secondary N) is 1. The molecule has 1 aromatic heterocycles. The fourth-order valence-electron chi connectivity index (χ4n) is 2.02. The molecule has 0 unspecified atom stereocenters. The standard InChI is InChI=1S/C14H14F3N5O3S/c1-8(23)18-6-5-12-19-20-13(21(12)2)26-11-4-3-9(14(15,16)17)7-10(11)22(24)25/h3-4,7H,5-6H2,1-2H3,(H,18,23). The Balaban J connectivity index is 2.24. The van der Waals surface area contributed by atoms with Gasteiger partial charge < -0.3 is 9.88 Å². The number of carbonyl (C=O) groups is 1. The molecular weight excluding hydrogens is 375 g/mol. The van der Waals surface area contributed by atoms with E-state index in [1.54, 1.807) is 11.6 Å². The van der Waals surface area contributed by atoms with Gasteiger partial charge >= 0.3 is 6.18 Å². The molecule has 0 atom stereocenters. The van der Waals surface area contributed by atoms with E-state index in [1.807, 2.05) is 0 Å². The van der Waals surface area contributed by atoms with Gasteiger partial charge in [-0.3, -0.25) is 14.9 Å². The number of halogens is 3. The van der Waals surface area contributed by atoms with Gasteiger partial charge in [-0.25, -0.2) is 0 Å². The molecule has 0 bridgehead atoms. The fourth-order valence-corrected chi connectivity index (χ4v) is 2.92. The predicted octanol–water partition coefficient (Wildman–Crippen LogP) is 2.57. The van der Waals surface area contributed by atoms with Crippen molar-refractivity contribution < 1.29 is 22.9 Å². The highest BCUT2D eigenvalue weighted by Gasteiger charge is 2.33. The van der Waals surface area contributed by atoms with Crippen molar-refractivity contribution in [3.63, 3.8) is 0 Å². The number of nitrogens with zero attached hydrogens (tertiary/aromatic N) is 4. The third kappa shape index (κ3) is 4.71. The minimum Gasteiger partial charge on any atom is -0.356 e. The number of carbonyl (C=O) groups excluding carboxylic acids is 1. The summed E-state index contributed by atoms with van der Waals surface area (Å²) < 4.78 is 39.8. The quantitative estimate of drug-likeness (QED) is 0.602. The Hall–Kier alpha value is -2.63. The van der Waals surface area contributed by atoms with E-state index < -0.39 is 22.4 Å². The molecule has 0 fully saturated rings. The minimum absolute atomic E-state index is 0.0203. The lowest BCUT2D eigenvalue weighted by Gasteiger charge is -2.08. The molecule has 12 heteroatoms. The van der Waals surface area contributed by atoms with E-state index in [4.69, 9.17) is 0 Å². The second-order valence-corrected chi connectivity index (χ2v) is 6.24. The Morgan fingerprint density at radius 1 is 1.38 bits per heavy atom. The highest BCUT2D eigenvalue weighted by Crippen LogP contribution is 2.38. The molecule has 0 aliphatic heterocycles. The van der Waals surface area contributed by atoms with Crippen LogP contribution in [-0.4, -0.2) is 32.1 Å². The average molecular weight is 389 g/mol. The van der Waals surface area contributed by atoms with Crippen molar-refractivity contribution in [1.29, 1.82) is 0 Å². The highest BCUT2D eigenvalue weighted by molar-refractivity contribution is 7.99. The first kappa shape index (κ1) is 19.7. The van der Waals surface area contributed by atoms with Crippen molar-refractivity contribution >= 4 is 23.4 Å². The van der Waals surface area contributed by atoms with Crippen LogP contribution in [0.3, 0.4) is 0 Å². The maximum atomic E-state index is 12.7. The molecule has 0 aliphatic carbocycles. The van der Waals surface area contributed by atoms with Crippen LogP contribution in [0.25, 0.3) is 0 Å². The topological polar surface area (TPSA) is 103 Å². The lowest BCUT2D eigenvalue weighted by Crippen LogP contribution is -2.23. The van der Waals surface area contributed by atoms with Crippen LogP contribution in [-0.2, 0) is 24.4 Å². The molecule has 0 aliphatic rings. The molecule has 0 radical (unpaired) electrons. The number of rotatable bonds is 6. The molecule has 26 heavy (non-hydrogen) atoms. The Labute approximate surface area is 149 Å². The molecule has 8 nitrogen and oxygen atoms in total. The van der Waals surface area contributed by atoms with E-state index in [0.29, 0.717) is 24.9 Å². The fraction of sp³-hybridized carbons (Fsp3) is 0.357. The van der Waals surface area contributed by atoms with Crippen molar-refractivity contribution in [2.75, 3.05) is 6.54 Å². The number of hydrogen-bond donors (Lipinski definition) is 1. The summed E-state index contributed by atoms with van der Waals surface area (Å²) in [6.07, 6.45) is -4.28. The Morgan fingerprint density at radius 3 is 2.65 bits per heavy atom. The summed E-state index contributed by atoms with van der Waals surface area (Å²) in [7, 11) is 1.63. The van der Waals surface area contributed by atoms with Gasteiger partial charge in [-0.1, -0.05) is 0 Å². The van der Waals surface area contributed by atoms with Crippen molar-refractivity contribution in [3.05, 3.63) is 39.7 Å². The number of benzene rings is 1. The SMILES string of the molecule is CC(=O)NCCc1nnc(Sc2ccc(C(F)(F)F)cc2[N+](=O)[O-])n1C. The Kier molecular flexibility index (Phi) is 5.85. The molecule has 0 spiro atoms. The van der Waals surface area contributed by atoms with Crippen LogP contribution in [0.2, 0.25) is 0 Å². The monoisotopic (exact) mass is 389 g/mol. The van der Waals surface area contributed by atoms with E-state index in [2.05, 4.69) is 15.5 Å². The van der Waals surface area contributed by atoms with Crippen LogP contribution in [0.5, 0.6) is 0 Å². The first-order chi connectivity index (χ1) is 12.1. The summed E-state index contributed by atoms with van der Waals surface area (Å²) in [6, 6.07) is 2.32. The van der Waals surface area contributed by atoms with Crippen LogP contribution in [0.1, 0.15) is 18.3 Å². The van der Waals surface area contributed by atoms with Crippen molar-refractivity contribution in [2.45, 2.75) is 29.6 Å². The number of hydrogen-bond acceptors (Lipinski definition) is 6. The summed E-state index contributed by atoms with van der Waals surface area (Å²) in [5, 5.41) is 21.8. The molecule has 2 aromatic rings. The summed E-state index contributed by atoms with van der Waals surface area (Å²) in [5.41, 5.74) is -1.75. The highest BCUT2D eigenvalue weighted by atomic mass is 32.2. The maximum Gasteiger partial charge on any atom is 0.416 e. The van der Waals surface area contributed by atoms with Crippen LogP contribution < -0.4 is 5.32 Å². The van der Waals surface area contributed by atoms with E-state index in [1.165, 1.54) is 6.92 Å². The van der Waals surface area contributed by atoms with Gasteiger partial charge in [0.1, 0.15) is 5.82 Å². The summed E-state index contributed by atoms with van der Waals surface area (Å²) in [4.78, 5) is 21.1. The Bertz CT molecular complexity index is 838. The second kappa shape index (κ2) is 7.72. The van der Waals surface area contributed by atoms with Crippen molar-refractivity contribution in [2.24, 2.45) is 7.05 Å². The largest absolute Gasteiger partial charge is 0.416 e. The summed E-state index contributed by atoms with van der Waals surface area (Å²) in [6.45, 7) is 1.72. The van der Waals surface area contributed by atoms with Crippen LogP contribution in [0.4, 0.5) is 18.9 Å². The average Bonchev–Trinajstić information content (AvgIpc) is 2.87. The van der Waals surface area contributed by atoms with Crippen LogP contribution in [0, 0.1) is 10.1 Å². The molecule has 2 rings (SSSR count). The third-order valence-corrected chi connectivity index (χ3v) is 4.44. The number of nitro groups is 1. The molecule has 1 N–H and O–H groups in total. The second-order valence-electron chi connectivity index (χ2n) is 5.23. The predicted molar refractivity (Wildman–Crippen MR) is 85.6 cm³/mol. The van der Waals surface area contributed by atoms with Gasteiger partial charge in [0.25, 0.3) is 5.69 Å². The van der Waals surface area contributed by atoms with E-state index >= 15 is 0 Å². The zero-order valence-corrected chi connectivity index (χ0v) is 14.5. The molecule has 0 saturated carbocycles.